The highest BCUT2D eigenvalue weighted by Gasteiger charge is 1.99. The molecule has 0 atom stereocenters. The zero-order valence-electron chi connectivity index (χ0n) is 12.3. The molecule has 0 saturated carbocycles. The molecule has 21 heavy (non-hydrogen) atoms. The lowest BCUT2D eigenvalue weighted by Crippen LogP contribution is -2.38. The minimum atomic E-state index is 0.746. The summed E-state index contributed by atoms with van der Waals surface area (Å²) in [5.74, 6) is 1.81. The maximum atomic E-state index is 5.30. The van der Waals surface area contributed by atoms with E-state index in [1.807, 2.05) is 23.0 Å². The van der Waals surface area contributed by atoms with Gasteiger partial charge in [0.25, 0.3) is 0 Å². The van der Waals surface area contributed by atoms with Crippen LogP contribution in [0.4, 0.5) is 0 Å². The fourth-order valence-electron chi connectivity index (χ4n) is 1.88. The van der Waals surface area contributed by atoms with Crippen LogP contribution in [0.2, 0.25) is 0 Å². The first-order valence-electron chi connectivity index (χ1n) is 7.27. The molecule has 0 spiro atoms. The van der Waals surface area contributed by atoms with Crippen LogP contribution < -0.4 is 10.6 Å². The van der Waals surface area contributed by atoms with Crippen molar-refractivity contribution < 1.29 is 4.42 Å². The Morgan fingerprint density at radius 2 is 2.38 bits per heavy atom. The van der Waals surface area contributed by atoms with Crippen molar-refractivity contribution in [1.82, 2.24) is 25.6 Å². The summed E-state index contributed by atoms with van der Waals surface area (Å²) in [6.07, 6.45) is 7.01. The number of rotatable bonds is 8. The van der Waals surface area contributed by atoms with Crippen molar-refractivity contribution in [3.8, 4) is 0 Å². The summed E-state index contributed by atoms with van der Waals surface area (Å²) in [6, 6.07) is 3.88. The number of nitrogens with one attached hydrogen (secondary N) is 2. The monoisotopic (exact) mass is 290 g/mol. The van der Waals surface area contributed by atoms with Crippen molar-refractivity contribution >= 4 is 5.96 Å². The fourth-order valence-corrected chi connectivity index (χ4v) is 1.88. The zero-order chi connectivity index (χ0) is 14.8. The molecule has 0 aromatic carbocycles. The molecule has 0 saturated heterocycles. The lowest BCUT2D eigenvalue weighted by atomic mass is 10.3. The molecule has 7 nitrogen and oxygen atoms in total. The summed E-state index contributed by atoms with van der Waals surface area (Å²) in [7, 11) is 0. The highest BCUT2D eigenvalue weighted by atomic mass is 16.3. The molecule has 114 valence electrons. The number of nitrogens with zero attached hydrogens (tertiary/aromatic N) is 4. The van der Waals surface area contributed by atoms with E-state index in [1.54, 1.807) is 12.5 Å². The number of hydrogen-bond acceptors (Lipinski definition) is 4. The Morgan fingerprint density at radius 1 is 1.43 bits per heavy atom. The van der Waals surface area contributed by atoms with Gasteiger partial charge in [0.1, 0.15) is 5.76 Å². The van der Waals surface area contributed by atoms with Gasteiger partial charge < -0.3 is 15.1 Å². The molecule has 0 unspecified atom stereocenters. The molecule has 2 aromatic heterocycles. The van der Waals surface area contributed by atoms with Gasteiger partial charge >= 0.3 is 0 Å². The standard InChI is InChI=1S/C14H22N6O/c1-2-15-14(17-8-6-13-5-3-12-21-13)16-7-4-10-20-11-9-18-19-20/h3,5,9,11-12H,2,4,6-8,10H2,1H3,(H2,15,16,17). The van der Waals surface area contributed by atoms with E-state index in [0.717, 1.165) is 50.7 Å². The third kappa shape index (κ3) is 5.68. The summed E-state index contributed by atoms with van der Waals surface area (Å²) in [4.78, 5) is 4.53. The second-order valence-corrected chi connectivity index (χ2v) is 4.54. The molecule has 0 aliphatic rings. The normalized spacial score (nSPS) is 11.6. The van der Waals surface area contributed by atoms with Gasteiger partial charge in [0.15, 0.2) is 5.96 Å². The van der Waals surface area contributed by atoms with E-state index in [2.05, 4.69) is 32.9 Å². The number of aryl methyl sites for hydroxylation is 1. The van der Waals surface area contributed by atoms with Crippen LogP contribution in [0.25, 0.3) is 0 Å². The van der Waals surface area contributed by atoms with Gasteiger partial charge in [-0.3, -0.25) is 9.67 Å². The SMILES string of the molecule is CCNC(=NCCCn1ccnn1)NCCc1ccco1. The van der Waals surface area contributed by atoms with Crippen LogP contribution in [0.15, 0.2) is 40.2 Å². The Morgan fingerprint density at radius 3 is 3.10 bits per heavy atom. The molecule has 2 aromatic rings. The molecule has 2 rings (SSSR count). The van der Waals surface area contributed by atoms with E-state index in [0.29, 0.717) is 0 Å². The quantitative estimate of drug-likeness (QED) is 0.432. The van der Waals surface area contributed by atoms with Crippen LogP contribution in [0, 0.1) is 0 Å². The average Bonchev–Trinajstić information content (AvgIpc) is 3.17. The summed E-state index contributed by atoms with van der Waals surface area (Å²) >= 11 is 0. The summed E-state index contributed by atoms with van der Waals surface area (Å²) in [5.41, 5.74) is 0. The third-order valence-electron chi connectivity index (χ3n) is 2.88. The molecular weight excluding hydrogens is 268 g/mol. The number of guanidine groups is 1. The van der Waals surface area contributed by atoms with Gasteiger partial charge in [-0.05, 0) is 25.5 Å². The van der Waals surface area contributed by atoms with Gasteiger partial charge in [-0.25, -0.2) is 0 Å². The first kappa shape index (κ1) is 15.1. The van der Waals surface area contributed by atoms with Gasteiger partial charge in [-0.15, -0.1) is 5.10 Å². The van der Waals surface area contributed by atoms with E-state index >= 15 is 0 Å². The number of furan rings is 1. The third-order valence-corrected chi connectivity index (χ3v) is 2.88. The van der Waals surface area contributed by atoms with Gasteiger partial charge in [-0.2, -0.15) is 0 Å². The molecule has 2 heterocycles. The van der Waals surface area contributed by atoms with Gasteiger partial charge in [-0.1, -0.05) is 5.21 Å². The van der Waals surface area contributed by atoms with Crippen LogP contribution >= 0.6 is 0 Å². The molecule has 0 fully saturated rings. The number of aromatic nitrogens is 3. The predicted octanol–water partition coefficient (Wildman–Crippen LogP) is 1.06. The fraction of sp³-hybridized carbons (Fsp3) is 0.500. The lowest BCUT2D eigenvalue weighted by Gasteiger charge is -2.10. The second kappa shape index (κ2) is 8.78. The minimum Gasteiger partial charge on any atom is -0.469 e. The van der Waals surface area contributed by atoms with Crippen LogP contribution in [0.1, 0.15) is 19.1 Å². The maximum absolute atomic E-state index is 5.30. The van der Waals surface area contributed by atoms with Crippen molar-refractivity contribution in [2.45, 2.75) is 26.3 Å². The minimum absolute atomic E-state index is 0.746. The Labute approximate surface area is 124 Å². The highest BCUT2D eigenvalue weighted by molar-refractivity contribution is 5.79. The average molecular weight is 290 g/mol. The van der Waals surface area contributed by atoms with E-state index in [9.17, 15) is 0 Å². The van der Waals surface area contributed by atoms with Crippen LogP contribution in [-0.4, -0.2) is 40.6 Å². The Hall–Kier alpha value is -2.31. The van der Waals surface area contributed by atoms with E-state index < -0.39 is 0 Å². The maximum Gasteiger partial charge on any atom is 0.191 e. The van der Waals surface area contributed by atoms with Crippen molar-refractivity contribution in [2.75, 3.05) is 19.6 Å². The Kier molecular flexibility index (Phi) is 6.31. The van der Waals surface area contributed by atoms with Crippen LogP contribution in [0.3, 0.4) is 0 Å². The topological polar surface area (TPSA) is 80.3 Å². The van der Waals surface area contributed by atoms with Crippen molar-refractivity contribution in [3.05, 3.63) is 36.5 Å². The molecule has 0 bridgehead atoms. The largest absolute Gasteiger partial charge is 0.469 e. The molecule has 0 aliphatic heterocycles. The second-order valence-electron chi connectivity index (χ2n) is 4.54. The summed E-state index contributed by atoms with van der Waals surface area (Å²) in [5, 5.41) is 14.2. The highest BCUT2D eigenvalue weighted by Crippen LogP contribution is 1.99. The van der Waals surface area contributed by atoms with Gasteiger partial charge in [0.05, 0.1) is 12.5 Å². The first-order chi connectivity index (χ1) is 10.4. The molecule has 7 heteroatoms. The Bertz CT molecular complexity index is 506. The molecule has 0 aliphatic carbocycles. The Balaban J connectivity index is 1.68. The van der Waals surface area contributed by atoms with Crippen LogP contribution in [0.5, 0.6) is 0 Å². The number of aliphatic imine (C=N–C) groups is 1. The van der Waals surface area contributed by atoms with Gasteiger partial charge in [0.2, 0.25) is 0 Å². The summed E-state index contributed by atoms with van der Waals surface area (Å²) in [6.45, 7) is 5.27. The zero-order valence-corrected chi connectivity index (χ0v) is 12.3. The number of hydrogen-bond donors (Lipinski definition) is 2. The molecule has 0 radical (unpaired) electrons. The van der Waals surface area contributed by atoms with Crippen molar-refractivity contribution in [1.29, 1.82) is 0 Å². The lowest BCUT2D eigenvalue weighted by molar-refractivity contribution is 0.506. The van der Waals surface area contributed by atoms with Crippen molar-refractivity contribution in [2.24, 2.45) is 4.99 Å². The van der Waals surface area contributed by atoms with Crippen LogP contribution in [-0.2, 0) is 13.0 Å². The van der Waals surface area contributed by atoms with E-state index in [1.165, 1.54) is 0 Å². The van der Waals surface area contributed by atoms with Gasteiger partial charge in [0, 0.05) is 38.8 Å². The van der Waals surface area contributed by atoms with E-state index in [-0.39, 0.29) is 0 Å². The van der Waals surface area contributed by atoms with Crippen molar-refractivity contribution in [3.63, 3.8) is 0 Å². The summed E-state index contributed by atoms with van der Waals surface area (Å²) < 4.78 is 7.11. The first-order valence-corrected chi connectivity index (χ1v) is 7.27. The predicted molar refractivity (Wildman–Crippen MR) is 81.0 cm³/mol. The molecule has 0 amide bonds. The van der Waals surface area contributed by atoms with E-state index in [4.69, 9.17) is 4.42 Å². The smallest absolute Gasteiger partial charge is 0.191 e. The molecule has 2 N–H and O–H groups in total. The molecular formula is C14H22N6O.